The van der Waals surface area contributed by atoms with Crippen molar-refractivity contribution in [1.82, 2.24) is 4.90 Å². The first-order chi connectivity index (χ1) is 16.4. The Morgan fingerprint density at radius 3 is 2.68 bits per heavy atom. The number of nitriles is 2. The summed E-state index contributed by atoms with van der Waals surface area (Å²) in [5.74, 6) is 0.362. The summed E-state index contributed by atoms with van der Waals surface area (Å²) in [6, 6.07) is 14.9. The van der Waals surface area contributed by atoms with Crippen molar-refractivity contribution in [3.05, 3.63) is 80.8 Å². The van der Waals surface area contributed by atoms with E-state index in [0.717, 1.165) is 12.1 Å². The van der Waals surface area contributed by atoms with Gasteiger partial charge in [0, 0.05) is 30.3 Å². The zero-order chi connectivity index (χ0) is 24.4. The van der Waals surface area contributed by atoms with Crippen LogP contribution < -0.4 is 15.2 Å². The average molecular weight is 475 g/mol. The number of ether oxygens (including phenoxy) is 2. The third kappa shape index (κ3) is 3.96. The number of nitrogens with two attached hydrogens (primary N) is 1. The molecule has 2 N–H and O–H groups in total. The minimum absolute atomic E-state index is 0.00174. The van der Waals surface area contributed by atoms with E-state index in [2.05, 4.69) is 12.1 Å². The van der Waals surface area contributed by atoms with E-state index in [9.17, 15) is 15.3 Å². The van der Waals surface area contributed by atoms with Crippen LogP contribution in [0, 0.1) is 22.7 Å². The molecule has 0 fully saturated rings. The lowest BCUT2D eigenvalue weighted by atomic mass is 9.76. The number of hydrogen-bond acceptors (Lipinski definition) is 7. The van der Waals surface area contributed by atoms with Crippen molar-refractivity contribution in [3.8, 4) is 23.6 Å². The summed E-state index contributed by atoms with van der Waals surface area (Å²) < 4.78 is 11.5. The van der Waals surface area contributed by atoms with Crippen LogP contribution in [0.25, 0.3) is 0 Å². The Bertz CT molecular complexity index is 1320. The number of ketones is 1. The fourth-order valence-corrected chi connectivity index (χ4v) is 4.82. The van der Waals surface area contributed by atoms with Crippen molar-refractivity contribution in [3.63, 3.8) is 0 Å². The monoisotopic (exact) mass is 474 g/mol. The van der Waals surface area contributed by atoms with E-state index in [1.807, 2.05) is 6.07 Å². The summed E-state index contributed by atoms with van der Waals surface area (Å²) in [5, 5.41) is 19.5. The van der Waals surface area contributed by atoms with Gasteiger partial charge in [-0.3, -0.25) is 4.79 Å². The molecule has 2 aromatic rings. The van der Waals surface area contributed by atoms with Crippen molar-refractivity contribution in [2.24, 2.45) is 5.73 Å². The van der Waals surface area contributed by atoms with Gasteiger partial charge in [0.15, 0.2) is 17.3 Å². The Labute approximate surface area is 203 Å². The van der Waals surface area contributed by atoms with Gasteiger partial charge in [-0.25, -0.2) is 0 Å². The van der Waals surface area contributed by atoms with Crippen molar-refractivity contribution in [2.45, 2.75) is 31.8 Å². The number of benzene rings is 2. The first-order valence-electron chi connectivity index (χ1n) is 10.8. The molecule has 1 aliphatic carbocycles. The van der Waals surface area contributed by atoms with Crippen LogP contribution in [0.5, 0.6) is 11.5 Å². The van der Waals surface area contributed by atoms with Crippen LogP contribution >= 0.6 is 11.6 Å². The number of allylic oxidation sites excluding steroid dienone is 3. The zero-order valence-electron chi connectivity index (χ0n) is 18.9. The third-order valence-corrected chi connectivity index (χ3v) is 6.54. The predicted molar refractivity (Wildman–Crippen MR) is 127 cm³/mol. The van der Waals surface area contributed by atoms with Gasteiger partial charge in [0.05, 0.1) is 41.3 Å². The molecule has 172 valence electrons. The average Bonchev–Trinajstić information content (AvgIpc) is 2.85. The standard InChI is InChI=1S/C26H23ClN4O3/c1-31-20-8-5-9-21(32)24(20)23(18(13-29)26(31)30)17-10-19(27)25(22(11-17)33-2)34-14-16-7-4-3-6-15(16)12-28/h3-4,6-7,10-11,23H,5,8-9,14,30H2,1-2H3/t23-/m1/s1. The molecule has 7 nitrogen and oxygen atoms in total. The van der Waals surface area contributed by atoms with Crippen molar-refractivity contribution in [1.29, 1.82) is 10.5 Å². The molecule has 1 heterocycles. The van der Waals surface area contributed by atoms with Gasteiger partial charge < -0.3 is 20.1 Å². The van der Waals surface area contributed by atoms with Crippen LogP contribution in [0.2, 0.25) is 5.02 Å². The second-order valence-electron chi connectivity index (χ2n) is 8.13. The largest absolute Gasteiger partial charge is 0.493 e. The molecule has 34 heavy (non-hydrogen) atoms. The third-order valence-electron chi connectivity index (χ3n) is 6.26. The summed E-state index contributed by atoms with van der Waals surface area (Å²) in [4.78, 5) is 14.7. The van der Waals surface area contributed by atoms with Crippen LogP contribution in [-0.2, 0) is 11.4 Å². The van der Waals surface area contributed by atoms with Crippen LogP contribution in [0.3, 0.4) is 0 Å². The van der Waals surface area contributed by atoms with Gasteiger partial charge in [-0.15, -0.1) is 0 Å². The van der Waals surface area contributed by atoms with Gasteiger partial charge in [0.2, 0.25) is 0 Å². The van der Waals surface area contributed by atoms with Crippen LogP contribution in [0.4, 0.5) is 0 Å². The van der Waals surface area contributed by atoms with E-state index in [4.69, 9.17) is 26.8 Å². The molecular formula is C26H23ClN4O3. The second-order valence-corrected chi connectivity index (χ2v) is 8.54. The molecule has 2 aliphatic rings. The Morgan fingerprint density at radius 2 is 1.97 bits per heavy atom. The summed E-state index contributed by atoms with van der Waals surface area (Å²) in [6.45, 7) is 0.122. The van der Waals surface area contributed by atoms with E-state index in [-0.39, 0.29) is 17.4 Å². The lowest BCUT2D eigenvalue weighted by Crippen LogP contribution is -2.36. The molecule has 1 atom stereocenters. The minimum atomic E-state index is -0.635. The van der Waals surface area contributed by atoms with Gasteiger partial charge in [0.25, 0.3) is 0 Å². The maximum atomic E-state index is 13.0. The Morgan fingerprint density at radius 1 is 1.21 bits per heavy atom. The molecule has 2 aromatic carbocycles. The SMILES string of the molecule is COc1cc([C@@H]2C(C#N)=C(N)N(C)C3=C2C(=O)CCC3)cc(Cl)c1OCc1ccccc1C#N. The molecular weight excluding hydrogens is 452 g/mol. The molecule has 0 bridgehead atoms. The van der Waals surface area contributed by atoms with Crippen molar-refractivity contribution >= 4 is 17.4 Å². The first-order valence-corrected chi connectivity index (χ1v) is 11.2. The van der Waals surface area contributed by atoms with Gasteiger partial charge in [0.1, 0.15) is 12.4 Å². The van der Waals surface area contributed by atoms with Gasteiger partial charge >= 0.3 is 0 Å². The first kappa shape index (κ1) is 23.2. The molecule has 0 unspecified atom stereocenters. The molecule has 1 aliphatic heterocycles. The van der Waals surface area contributed by atoms with Crippen molar-refractivity contribution in [2.75, 3.05) is 14.2 Å². The molecule has 0 aromatic heterocycles. The number of carbonyl (C=O) groups excluding carboxylic acids is 1. The topological polar surface area (TPSA) is 112 Å². The minimum Gasteiger partial charge on any atom is -0.493 e. The number of nitrogens with zero attached hydrogens (tertiary/aromatic N) is 3. The van der Waals surface area contributed by atoms with E-state index in [1.54, 1.807) is 42.3 Å². The Balaban J connectivity index is 1.77. The van der Waals surface area contributed by atoms with Crippen LogP contribution in [-0.4, -0.2) is 24.8 Å². The number of carbonyl (C=O) groups is 1. The molecule has 4 rings (SSSR count). The maximum absolute atomic E-state index is 13.0. The highest BCUT2D eigenvalue weighted by molar-refractivity contribution is 6.32. The quantitative estimate of drug-likeness (QED) is 0.677. The van der Waals surface area contributed by atoms with E-state index in [0.29, 0.717) is 58.0 Å². The number of methoxy groups -OCH3 is 1. The second kappa shape index (κ2) is 9.51. The lowest BCUT2D eigenvalue weighted by Gasteiger charge is -2.37. The molecule has 0 amide bonds. The molecule has 0 radical (unpaired) electrons. The molecule has 0 spiro atoms. The lowest BCUT2D eigenvalue weighted by molar-refractivity contribution is -0.116. The smallest absolute Gasteiger partial charge is 0.180 e. The van der Waals surface area contributed by atoms with Gasteiger partial charge in [-0.1, -0.05) is 29.8 Å². The number of hydrogen-bond donors (Lipinski definition) is 1. The van der Waals surface area contributed by atoms with Gasteiger partial charge in [-0.05, 0) is 36.6 Å². The molecule has 0 saturated heterocycles. The van der Waals surface area contributed by atoms with E-state index in [1.165, 1.54) is 7.11 Å². The van der Waals surface area contributed by atoms with Crippen LogP contribution in [0.1, 0.15) is 41.9 Å². The molecule has 8 heteroatoms. The van der Waals surface area contributed by atoms with Gasteiger partial charge in [-0.2, -0.15) is 10.5 Å². The molecule has 0 saturated carbocycles. The number of halogens is 1. The summed E-state index contributed by atoms with van der Waals surface area (Å²) >= 11 is 6.63. The van der Waals surface area contributed by atoms with E-state index >= 15 is 0 Å². The summed E-state index contributed by atoms with van der Waals surface area (Å²) in [5.41, 5.74) is 9.87. The zero-order valence-corrected chi connectivity index (χ0v) is 19.6. The van der Waals surface area contributed by atoms with Crippen LogP contribution in [0.15, 0.2) is 59.1 Å². The summed E-state index contributed by atoms with van der Waals surface area (Å²) in [6.07, 6.45) is 1.87. The normalized spacial score (nSPS) is 17.7. The fraction of sp³-hybridized carbons (Fsp3) is 0.269. The fourth-order valence-electron chi connectivity index (χ4n) is 4.55. The maximum Gasteiger partial charge on any atom is 0.180 e. The highest BCUT2D eigenvalue weighted by atomic mass is 35.5. The number of rotatable bonds is 5. The number of Topliss-reactive ketones (excluding diaryl/α,β-unsaturated/α-hetero) is 1. The van der Waals surface area contributed by atoms with Crippen molar-refractivity contribution < 1.29 is 14.3 Å². The predicted octanol–water partition coefficient (Wildman–Crippen LogP) is 4.53. The summed E-state index contributed by atoms with van der Waals surface area (Å²) in [7, 11) is 3.27. The highest BCUT2D eigenvalue weighted by Crippen LogP contribution is 2.47. The Hall–Kier alpha value is -3.94. The van der Waals surface area contributed by atoms with E-state index < -0.39 is 5.92 Å². The Kier molecular flexibility index (Phi) is 6.49. The highest BCUT2D eigenvalue weighted by Gasteiger charge is 2.39.